The second-order valence-corrected chi connectivity index (χ2v) is 9.14. The van der Waals surface area contributed by atoms with Crippen LogP contribution < -0.4 is 20.7 Å². The Morgan fingerprint density at radius 2 is 1.13 bits per heavy atom. The SMILES string of the molecule is FC(F)(F)COc1ccc(-c2ccccc2P(c2ccccc2)c2ccccc2)cc1. The van der Waals surface area contributed by atoms with Gasteiger partial charge in [0.15, 0.2) is 6.61 Å². The molecule has 0 saturated heterocycles. The molecule has 0 radical (unpaired) electrons. The average Bonchev–Trinajstić information content (AvgIpc) is 2.80. The van der Waals surface area contributed by atoms with Crippen LogP contribution in [0.15, 0.2) is 109 Å². The topological polar surface area (TPSA) is 9.23 Å². The van der Waals surface area contributed by atoms with E-state index in [1.165, 1.54) is 15.9 Å². The van der Waals surface area contributed by atoms with E-state index in [2.05, 4.69) is 36.4 Å². The summed E-state index contributed by atoms with van der Waals surface area (Å²) in [7, 11) is -0.800. The summed E-state index contributed by atoms with van der Waals surface area (Å²) in [5.41, 5.74) is 2.00. The molecule has 0 amide bonds. The lowest BCUT2D eigenvalue weighted by Crippen LogP contribution is -2.22. The molecule has 31 heavy (non-hydrogen) atoms. The molecule has 156 valence electrons. The molecule has 0 atom stereocenters. The maximum Gasteiger partial charge on any atom is 0.422 e. The fourth-order valence-corrected chi connectivity index (χ4v) is 5.86. The maximum atomic E-state index is 12.4. The van der Waals surface area contributed by atoms with Crippen LogP contribution in [0, 0.1) is 0 Å². The second-order valence-electron chi connectivity index (χ2n) is 6.95. The first kappa shape index (κ1) is 21.1. The van der Waals surface area contributed by atoms with Crippen molar-refractivity contribution in [3.05, 3.63) is 109 Å². The highest BCUT2D eigenvalue weighted by molar-refractivity contribution is 7.80. The zero-order chi connectivity index (χ0) is 21.7. The quantitative estimate of drug-likeness (QED) is 0.334. The molecule has 0 fully saturated rings. The van der Waals surface area contributed by atoms with Gasteiger partial charge in [-0.05, 0) is 47.1 Å². The molecule has 1 nitrogen and oxygen atoms in total. The molecule has 0 bridgehead atoms. The standard InChI is InChI=1S/C26H20F3OP/c27-26(28,29)19-30-21-17-15-20(16-18-21)24-13-7-8-14-25(24)31(22-9-3-1-4-10-22)23-11-5-2-6-12-23/h1-18H,19H2. The molecule has 0 aliphatic carbocycles. The third-order valence-corrected chi connectivity index (χ3v) is 7.24. The number of ether oxygens (including phenoxy) is 1. The van der Waals surface area contributed by atoms with Crippen molar-refractivity contribution < 1.29 is 17.9 Å². The maximum absolute atomic E-state index is 12.4. The predicted octanol–water partition coefficient (Wildman–Crippen LogP) is 6.05. The number of rotatable bonds is 6. The van der Waals surface area contributed by atoms with Crippen molar-refractivity contribution in [3.8, 4) is 16.9 Å². The Morgan fingerprint density at radius 3 is 1.68 bits per heavy atom. The number of hydrogen-bond donors (Lipinski definition) is 0. The third kappa shape index (κ3) is 5.34. The van der Waals surface area contributed by atoms with E-state index in [4.69, 9.17) is 4.74 Å². The number of hydrogen-bond acceptors (Lipinski definition) is 1. The van der Waals surface area contributed by atoms with Gasteiger partial charge in [-0.2, -0.15) is 13.2 Å². The van der Waals surface area contributed by atoms with Gasteiger partial charge < -0.3 is 4.74 Å². The van der Waals surface area contributed by atoms with Crippen LogP contribution in [0.3, 0.4) is 0 Å². The molecule has 0 N–H and O–H groups in total. The van der Waals surface area contributed by atoms with Crippen LogP contribution in [0.1, 0.15) is 0 Å². The van der Waals surface area contributed by atoms with Gasteiger partial charge in [0, 0.05) is 0 Å². The molecule has 4 aromatic carbocycles. The predicted molar refractivity (Wildman–Crippen MR) is 122 cm³/mol. The first-order valence-electron chi connectivity index (χ1n) is 9.80. The van der Waals surface area contributed by atoms with E-state index in [0.29, 0.717) is 0 Å². The Labute approximate surface area is 180 Å². The molecule has 0 aromatic heterocycles. The van der Waals surface area contributed by atoms with Crippen molar-refractivity contribution in [1.29, 1.82) is 0 Å². The summed E-state index contributed by atoms with van der Waals surface area (Å²) in [5.74, 6) is 0.201. The van der Waals surface area contributed by atoms with Crippen LogP contribution in [-0.4, -0.2) is 12.8 Å². The van der Waals surface area contributed by atoms with Crippen molar-refractivity contribution in [2.75, 3.05) is 6.61 Å². The summed E-state index contributed by atoms with van der Waals surface area (Å²) < 4.78 is 42.1. The number of halogens is 3. The normalized spacial score (nSPS) is 11.5. The van der Waals surface area contributed by atoms with Gasteiger partial charge in [0.05, 0.1) is 0 Å². The van der Waals surface area contributed by atoms with Crippen molar-refractivity contribution in [2.24, 2.45) is 0 Å². The van der Waals surface area contributed by atoms with E-state index in [1.54, 1.807) is 12.1 Å². The van der Waals surface area contributed by atoms with Gasteiger partial charge in [-0.3, -0.25) is 0 Å². The lowest BCUT2D eigenvalue weighted by molar-refractivity contribution is -0.153. The van der Waals surface area contributed by atoms with Crippen LogP contribution in [0.25, 0.3) is 11.1 Å². The van der Waals surface area contributed by atoms with Crippen LogP contribution in [-0.2, 0) is 0 Å². The second kappa shape index (κ2) is 9.36. The average molecular weight is 436 g/mol. The first-order valence-corrected chi connectivity index (χ1v) is 11.1. The zero-order valence-electron chi connectivity index (χ0n) is 16.6. The highest BCUT2D eigenvalue weighted by Crippen LogP contribution is 2.37. The molecule has 5 heteroatoms. The lowest BCUT2D eigenvalue weighted by atomic mass is 10.1. The summed E-state index contributed by atoms with van der Waals surface area (Å²) >= 11 is 0. The van der Waals surface area contributed by atoms with Crippen molar-refractivity contribution >= 4 is 23.8 Å². The molecular formula is C26H20F3OP. The van der Waals surface area contributed by atoms with Gasteiger partial charge in [-0.15, -0.1) is 0 Å². The van der Waals surface area contributed by atoms with Crippen molar-refractivity contribution in [2.45, 2.75) is 6.18 Å². The molecular weight excluding hydrogens is 416 g/mol. The summed E-state index contributed by atoms with van der Waals surface area (Å²) in [6.45, 7) is -1.30. The van der Waals surface area contributed by atoms with Gasteiger partial charge in [-0.1, -0.05) is 97.1 Å². The van der Waals surface area contributed by atoms with Crippen molar-refractivity contribution in [1.82, 2.24) is 0 Å². The number of alkyl halides is 3. The van der Waals surface area contributed by atoms with E-state index in [9.17, 15) is 13.2 Å². The van der Waals surface area contributed by atoms with E-state index in [0.717, 1.165) is 11.1 Å². The minimum absolute atomic E-state index is 0.201. The Morgan fingerprint density at radius 1 is 0.613 bits per heavy atom. The Hall–Kier alpha value is -3.10. The van der Waals surface area contributed by atoms with Crippen molar-refractivity contribution in [3.63, 3.8) is 0 Å². The first-order chi connectivity index (χ1) is 15.0. The minimum Gasteiger partial charge on any atom is -0.484 e. The van der Waals surface area contributed by atoms with E-state index in [1.807, 2.05) is 60.7 Å². The van der Waals surface area contributed by atoms with E-state index >= 15 is 0 Å². The highest BCUT2D eigenvalue weighted by atomic mass is 31.1. The van der Waals surface area contributed by atoms with Gasteiger partial charge >= 0.3 is 6.18 Å². The zero-order valence-corrected chi connectivity index (χ0v) is 17.5. The summed E-state index contributed by atoms with van der Waals surface area (Å²) in [6.07, 6.45) is -4.35. The van der Waals surface area contributed by atoms with E-state index in [-0.39, 0.29) is 5.75 Å². The molecule has 4 rings (SSSR count). The lowest BCUT2D eigenvalue weighted by Gasteiger charge is -2.22. The molecule has 0 spiro atoms. The summed E-state index contributed by atoms with van der Waals surface area (Å²) in [6, 6.07) is 35.8. The highest BCUT2D eigenvalue weighted by Gasteiger charge is 2.28. The Bertz CT molecular complexity index is 1070. The van der Waals surface area contributed by atoms with Crippen LogP contribution in [0.2, 0.25) is 0 Å². The Kier molecular flexibility index (Phi) is 6.39. The fraction of sp³-hybridized carbons (Fsp3) is 0.0769. The third-order valence-electron chi connectivity index (χ3n) is 4.74. The monoisotopic (exact) mass is 436 g/mol. The smallest absolute Gasteiger partial charge is 0.422 e. The molecule has 0 unspecified atom stereocenters. The Balaban J connectivity index is 1.73. The van der Waals surface area contributed by atoms with Gasteiger partial charge in [0.2, 0.25) is 0 Å². The van der Waals surface area contributed by atoms with Crippen LogP contribution >= 0.6 is 7.92 Å². The summed E-state index contributed by atoms with van der Waals surface area (Å²) in [5, 5.41) is 3.67. The van der Waals surface area contributed by atoms with Gasteiger partial charge in [0.1, 0.15) is 5.75 Å². The largest absolute Gasteiger partial charge is 0.484 e. The van der Waals surface area contributed by atoms with Crippen LogP contribution in [0.4, 0.5) is 13.2 Å². The molecule has 4 aromatic rings. The number of benzene rings is 4. The molecule has 0 aliphatic heterocycles. The van der Waals surface area contributed by atoms with Crippen LogP contribution in [0.5, 0.6) is 5.75 Å². The molecule has 0 saturated carbocycles. The fourth-order valence-electron chi connectivity index (χ4n) is 3.39. The molecule has 0 aliphatic rings. The van der Waals surface area contributed by atoms with Gasteiger partial charge in [0.25, 0.3) is 0 Å². The van der Waals surface area contributed by atoms with Gasteiger partial charge in [-0.25, -0.2) is 0 Å². The van der Waals surface area contributed by atoms with E-state index < -0.39 is 20.7 Å². The molecule has 0 heterocycles. The minimum atomic E-state index is -4.35. The summed E-state index contributed by atoms with van der Waals surface area (Å²) in [4.78, 5) is 0.